The third kappa shape index (κ3) is 2.03. The first-order chi connectivity index (χ1) is 6.75. The smallest absolute Gasteiger partial charge is 0.163 e. The van der Waals surface area contributed by atoms with E-state index in [-0.39, 0.29) is 0 Å². The molecule has 1 aliphatic carbocycles. The summed E-state index contributed by atoms with van der Waals surface area (Å²) in [5.74, 6) is 0.985. The van der Waals surface area contributed by atoms with E-state index in [1.807, 2.05) is 31.2 Å². The molecule has 0 N–H and O–H groups in total. The number of carbonyl (C=O) groups excluding carboxylic acids is 1. The van der Waals surface area contributed by atoms with Gasteiger partial charge in [0.2, 0.25) is 0 Å². The van der Waals surface area contributed by atoms with Crippen molar-refractivity contribution < 1.29 is 4.79 Å². The van der Waals surface area contributed by atoms with E-state index in [0.717, 1.165) is 12.0 Å². The molecule has 0 bridgehead atoms. The molecule has 1 aromatic carbocycles. The monoisotopic (exact) mass is 188 g/mol. The first-order valence-electron chi connectivity index (χ1n) is 5.35. The second kappa shape index (κ2) is 3.95. The number of rotatable bonds is 3. The van der Waals surface area contributed by atoms with Crippen LogP contribution in [0, 0.1) is 12.8 Å². The SMILES string of the molecule is Cc1ccc(C(=O)CC2CCC2)cc1. The maximum atomic E-state index is 11.8. The van der Waals surface area contributed by atoms with E-state index in [1.165, 1.54) is 24.8 Å². The molecule has 0 heterocycles. The molecule has 0 unspecified atom stereocenters. The zero-order valence-electron chi connectivity index (χ0n) is 8.62. The molecular formula is C13H16O. The van der Waals surface area contributed by atoms with Crippen molar-refractivity contribution in [1.82, 2.24) is 0 Å². The Morgan fingerprint density at radius 2 is 1.93 bits per heavy atom. The van der Waals surface area contributed by atoms with Crippen LogP contribution < -0.4 is 0 Å². The summed E-state index contributed by atoms with van der Waals surface area (Å²) in [4.78, 5) is 11.8. The summed E-state index contributed by atoms with van der Waals surface area (Å²) in [7, 11) is 0. The Kier molecular flexibility index (Phi) is 2.67. The fourth-order valence-electron chi connectivity index (χ4n) is 1.82. The third-order valence-corrected chi connectivity index (χ3v) is 3.07. The lowest BCUT2D eigenvalue weighted by Crippen LogP contribution is -2.15. The third-order valence-electron chi connectivity index (χ3n) is 3.07. The van der Waals surface area contributed by atoms with Gasteiger partial charge >= 0.3 is 0 Å². The summed E-state index contributed by atoms with van der Waals surface area (Å²) >= 11 is 0. The topological polar surface area (TPSA) is 17.1 Å². The van der Waals surface area contributed by atoms with Crippen LogP contribution in [0.15, 0.2) is 24.3 Å². The van der Waals surface area contributed by atoms with Crippen LogP contribution in [0.1, 0.15) is 41.6 Å². The summed E-state index contributed by atoms with van der Waals surface area (Å²) in [6.45, 7) is 2.04. The van der Waals surface area contributed by atoms with Crippen LogP contribution in [0.25, 0.3) is 0 Å². The van der Waals surface area contributed by atoms with Gasteiger partial charge in [0, 0.05) is 12.0 Å². The average molecular weight is 188 g/mol. The average Bonchev–Trinajstić information content (AvgIpc) is 2.12. The highest BCUT2D eigenvalue weighted by molar-refractivity contribution is 5.96. The van der Waals surface area contributed by atoms with Gasteiger partial charge in [0.05, 0.1) is 0 Å². The van der Waals surface area contributed by atoms with Crippen molar-refractivity contribution in [2.24, 2.45) is 5.92 Å². The number of Topliss-reactive ketones (excluding diaryl/α,β-unsaturated/α-hetero) is 1. The molecule has 2 rings (SSSR count). The first kappa shape index (κ1) is 9.45. The van der Waals surface area contributed by atoms with Gasteiger partial charge < -0.3 is 0 Å². The zero-order valence-corrected chi connectivity index (χ0v) is 8.62. The summed E-state index contributed by atoms with van der Waals surface area (Å²) in [6, 6.07) is 7.90. The van der Waals surface area contributed by atoms with Crippen molar-refractivity contribution >= 4 is 5.78 Å². The standard InChI is InChI=1S/C13H16O/c1-10-5-7-12(8-6-10)13(14)9-11-3-2-4-11/h5-8,11H,2-4,9H2,1H3. The first-order valence-corrected chi connectivity index (χ1v) is 5.35. The molecule has 0 amide bonds. The minimum atomic E-state index is 0.315. The van der Waals surface area contributed by atoms with Crippen molar-refractivity contribution in [2.45, 2.75) is 32.6 Å². The number of benzene rings is 1. The molecule has 0 saturated heterocycles. The van der Waals surface area contributed by atoms with Gasteiger partial charge in [-0.05, 0) is 12.8 Å². The minimum absolute atomic E-state index is 0.315. The quantitative estimate of drug-likeness (QED) is 0.665. The van der Waals surface area contributed by atoms with Gasteiger partial charge in [0.1, 0.15) is 0 Å². The van der Waals surface area contributed by atoms with Gasteiger partial charge in [-0.15, -0.1) is 0 Å². The Balaban J connectivity index is 1.99. The van der Waals surface area contributed by atoms with E-state index in [9.17, 15) is 4.79 Å². The summed E-state index contributed by atoms with van der Waals surface area (Å²) < 4.78 is 0. The predicted octanol–water partition coefficient (Wildman–Crippen LogP) is 3.37. The van der Waals surface area contributed by atoms with Crippen molar-refractivity contribution in [1.29, 1.82) is 0 Å². The fraction of sp³-hybridized carbons (Fsp3) is 0.462. The molecule has 14 heavy (non-hydrogen) atoms. The van der Waals surface area contributed by atoms with Gasteiger partial charge in [0.15, 0.2) is 5.78 Å². The molecule has 74 valence electrons. The second-order valence-electron chi connectivity index (χ2n) is 4.29. The molecule has 0 aliphatic heterocycles. The van der Waals surface area contributed by atoms with Gasteiger partial charge in [0.25, 0.3) is 0 Å². The molecule has 0 atom stereocenters. The maximum Gasteiger partial charge on any atom is 0.163 e. The number of carbonyl (C=O) groups is 1. The molecule has 1 aromatic rings. The Morgan fingerprint density at radius 3 is 2.43 bits per heavy atom. The highest BCUT2D eigenvalue weighted by Gasteiger charge is 2.20. The Labute approximate surface area is 85.1 Å². The van der Waals surface area contributed by atoms with Crippen molar-refractivity contribution in [3.63, 3.8) is 0 Å². The number of hydrogen-bond donors (Lipinski definition) is 0. The number of hydrogen-bond acceptors (Lipinski definition) is 1. The molecule has 1 saturated carbocycles. The molecule has 0 radical (unpaired) electrons. The molecular weight excluding hydrogens is 172 g/mol. The molecule has 1 aliphatic rings. The Morgan fingerprint density at radius 1 is 1.29 bits per heavy atom. The van der Waals surface area contributed by atoms with Gasteiger partial charge in [-0.1, -0.05) is 49.1 Å². The summed E-state index contributed by atoms with van der Waals surface area (Å²) in [5, 5.41) is 0. The number of ketones is 1. The van der Waals surface area contributed by atoms with Gasteiger partial charge in [-0.3, -0.25) is 4.79 Å². The lowest BCUT2D eigenvalue weighted by atomic mass is 9.81. The van der Waals surface area contributed by atoms with Crippen LogP contribution >= 0.6 is 0 Å². The van der Waals surface area contributed by atoms with Gasteiger partial charge in [-0.2, -0.15) is 0 Å². The molecule has 0 spiro atoms. The van der Waals surface area contributed by atoms with Crippen LogP contribution in [0.5, 0.6) is 0 Å². The Bertz CT molecular complexity index is 320. The van der Waals surface area contributed by atoms with E-state index in [0.29, 0.717) is 11.7 Å². The Hall–Kier alpha value is -1.11. The lowest BCUT2D eigenvalue weighted by molar-refractivity contribution is 0.0936. The van der Waals surface area contributed by atoms with Crippen LogP contribution in [0.4, 0.5) is 0 Å². The largest absolute Gasteiger partial charge is 0.294 e. The summed E-state index contributed by atoms with van der Waals surface area (Å²) in [5.41, 5.74) is 2.09. The molecule has 0 aromatic heterocycles. The van der Waals surface area contributed by atoms with E-state index in [2.05, 4.69) is 0 Å². The van der Waals surface area contributed by atoms with Crippen LogP contribution in [-0.4, -0.2) is 5.78 Å². The van der Waals surface area contributed by atoms with Crippen molar-refractivity contribution in [2.75, 3.05) is 0 Å². The number of aryl methyl sites for hydroxylation is 1. The van der Waals surface area contributed by atoms with E-state index >= 15 is 0 Å². The molecule has 1 fully saturated rings. The summed E-state index contributed by atoms with van der Waals surface area (Å²) in [6.07, 6.45) is 4.56. The van der Waals surface area contributed by atoms with E-state index in [1.54, 1.807) is 0 Å². The van der Waals surface area contributed by atoms with Crippen molar-refractivity contribution in [3.05, 3.63) is 35.4 Å². The van der Waals surface area contributed by atoms with Crippen LogP contribution in [0.2, 0.25) is 0 Å². The fourth-order valence-corrected chi connectivity index (χ4v) is 1.82. The highest BCUT2D eigenvalue weighted by Crippen LogP contribution is 2.30. The minimum Gasteiger partial charge on any atom is -0.294 e. The molecule has 1 heteroatoms. The molecule has 1 nitrogen and oxygen atoms in total. The van der Waals surface area contributed by atoms with Crippen molar-refractivity contribution in [3.8, 4) is 0 Å². The lowest BCUT2D eigenvalue weighted by Gasteiger charge is -2.24. The zero-order chi connectivity index (χ0) is 9.97. The maximum absolute atomic E-state index is 11.8. The van der Waals surface area contributed by atoms with Crippen LogP contribution in [-0.2, 0) is 0 Å². The van der Waals surface area contributed by atoms with Crippen LogP contribution in [0.3, 0.4) is 0 Å². The van der Waals surface area contributed by atoms with Gasteiger partial charge in [-0.25, -0.2) is 0 Å². The normalized spacial score (nSPS) is 16.4. The highest BCUT2D eigenvalue weighted by atomic mass is 16.1. The van der Waals surface area contributed by atoms with E-state index < -0.39 is 0 Å². The second-order valence-corrected chi connectivity index (χ2v) is 4.29. The predicted molar refractivity (Wildman–Crippen MR) is 57.5 cm³/mol. The van der Waals surface area contributed by atoms with E-state index in [4.69, 9.17) is 0 Å².